The molecule has 21 heavy (non-hydrogen) atoms. The van der Waals surface area contributed by atoms with Crippen LogP contribution < -0.4 is 5.32 Å². The van der Waals surface area contributed by atoms with Crippen molar-refractivity contribution in [2.24, 2.45) is 0 Å². The van der Waals surface area contributed by atoms with Crippen molar-refractivity contribution in [3.8, 4) is 0 Å². The molecule has 2 aromatic carbocycles. The molecule has 3 rings (SSSR count). The first-order valence-electron chi connectivity index (χ1n) is 7.52. The number of pyridine rings is 1. The first-order chi connectivity index (χ1) is 10.4. The summed E-state index contributed by atoms with van der Waals surface area (Å²) in [6, 6.07) is 17.0. The lowest BCUT2D eigenvalue weighted by Crippen LogP contribution is -2.03. The van der Waals surface area contributed by atoms with Crippen molar-refractivity contribution in [3.63, 3.8) is 0 Å². The Bertz CT molecular complexity index is 729. The van der Waals surface area contributed by atoms with Crippen LogP contribution in [0, 0.1) is 0 Å². The maximum atomic E-state index is 4.34. The van der Waals surface area contributed by atoms with Crippen LogP contribution in [0.2, 0.25) is 0 Å². The summed E-state index contributed by atoms with van der Waals surface area (Å²) in [7, 11) is 0. The molecular formula is C19H20N2. The quantitative estimate of drug-likeness (QED) is 0.724. The minimum atomic E-state index is 0.801. The molecule has 0 spiro atoms. The van der Waals surface area contributed by atoms with Crippen LogP contribution in [0.3, 0.4) is 0 Å². The first-order valence-corrected chi connectivity index (χ1v) is 7.52. The highest BCUT2D eigenvalue weighted by Crippen LogP contribution is 2.21. The van der Waals surface area contributed by atoms with E-state index in [9.17, 15) is 0 Å². The van der Waals surface area contributed by atoms with Crippen LogP contribution in [0.5, 0.6) is 0 Å². The van der Waals surface area contributed by atoms with E-state index in [4.69, 9.17) is 0 Å². The molecule has 0 radical (unpaired) electrons. The van der Waals surface area contributed by atoms with Crippen molar-refractivity contribution >= 4 is 16.5 Å². The summed E-state index contributed by atoms with van der Waals surface area (Å²) in [6.07, 6.45) is 6.15. The molecule has 0 aliphatic rings. The molecule has 0 atom stereocenters. The van der Waals surface area contributed by atoms with Gasteiger partial charge in [-0.15, -0.1) is 0 Å². The molecule has 0 fully saturated rings. The van der Waals surface area contributed by atoms with Gasteiger partial charge in [0.05, 0.1) is 0 Å². The number of aryl methyl sites for hydroxylation is 1. The second-order valence-electron chi connectivity index (χ2n) is 5.28. The number of benzene rings is 2. The molecular weight excluding hydrogens is 256 g/mol. The fraction of sp³-hybridized carbons (Fsp3) is 0.211. The van der Waals surface area contributed by atoms with Gasteiger partial charge in [0.15, 0.2) is 0 Å². The van der Waals surface area contributed by atoms with Crippen molar-refractivity contribution < 1.29 is 0 Å². The van der Waals surface area contributed by atoms with Crippen molar-refractivity contribution in [1.29, 1.82) is 0 Å². The maximum Gasteiger partial charge on any atom is 0.0422 e. The lowest BCUT2D eigenvalue weighted by Gasteiger charge is -2.12. The molecule has 0 saturated heterocycles. The second kappa shape index (κ2) is 6.40. The van der Waals surface area contributed by atoms with Crippen molar-refractivity contribution in [3.05, 3.63) is 72.1 Å². The summed E-state index contributed by atoms with van der Waals surface area (Å²) in [5, 5.41) is 6.03. The predicted octanol–water partition coefficient (Wildman–Crippen LogP) is 4.80. The topological polar surface area (TPSA) is 24.9 Å². The smallest absolute Gasteiger partial charge is 0.0422 e. The van der Waals surface area contributed by atoms with E-state index < -0.39 is 0 Å². The van der Waals surface area contributed by atoms with Crippen LogP contribution in [0.4, 0.5) is 5.69 Å². The standard InChI is InChI=1S/C19H20N2/c1-2-7-15-8-4-6-11-19(15)21-14-17-13-20-12-16-9-3-5-10-18(16)17/h3-6,8-13,21H,2,7,14H2,1H3. The van der Waals surface area contributed by atoms with E-state index in [1.165, 1.54) is 27.6 Å². The van der Waals surface area contributed by atoms with E-state index in [0.29, 0.717) is 0 Å². The number of para-hydroxylation sites is 1. The third-order valence-electron chi connectivity index (χ3n) is 3.76. The van der Waals surface area contributed by atoms with Crippen molar-refractivity contribution in [1.82, 2.24) is 4.98 Å². The monoisotopic (exact) mass is 276 g/mol. The Kier molecular flexibility index (Phi) is 4.15. The van der Waals surface area contributed by atoms with Gasteiger partial charge in [0.2, 0.25) is 0 Å². The highest BCUT2D eigenvalue weighted by atomic mass is 14.9. The SMILES string of the molecule is CCCc1ccccc1NCc1cncc2ccccc12. The predicted molar refractivity (Wildman–Crippen MR) is 89.5 cm³/mol. The van der Waals surface area contributed by atoms with Gasteiger partial charge in [0.1, 0.15) is 0 Å². The molecule has 0 unspecified atom stereocenters. The Morgan fingerprint density at radius 1 is 0.905 bits per heavy atom. The Balaban J connectivity index is 1.84. The van der Waals surface area contributed by atoms with Crippen LogP contribution in [-0.2, 0) is 13.0 Å². The highest BCUT2D eigenvalue weighted by molar-refractivity contribution is 5.84. The molecule has 1 aromatic heterocycles. The summed E-state index contributed by atoms with van der Waals surface area (Å²) < 4.78 is 0. The fourth-order valence-electron chi connectivity index (χ4n) is 2.69. The number of hydrogen-bond donors (Lipinski definition) is 1. The lowest BCUT2D eigenvalue weighted by atomic mass is 10.1. The Hall–Kier alpha value is -2.35. The molecule has 1 N–H and O–H groups in total. The van der Waals surface area contributed by atoms with E-state index >= 15 is 0 Å². The van der Waals surface area contributed by atoms with Gasteiger partial charge >= 0.3 is 0 Å². The van der Waals surface area contributed by atoms with E-state index in [-0.39, 0.29) is 0 Å². The van der Waals surface area contributed by atoms with Gasteiger partial charge in [0.25, 0.3) is 0 Å². The average molecular weight is 276 g/mol. The second-order valence-corrected chi connectivity index (χ2v) is 5.28. The zero-order valence-corrected chi connectivity index (χ0v) is 12.3. The largest absolute Gasteiger partial charge is 0.381 e. The van der Waals surface area contributed by atoms with Gasteiger partial charge in [-0.25, -0.2) is 0 Å². The van der Waals surface area contributed by atoms with Gasteiger partial charge in [-0.1, -0.05) is 55.8 Å². The lowest BCUT2D eigenvalue weighted by molar-refractivity contribution is 0.919. The Labute approximate surface area is 125 Å². The molecule has 1 heterocycles. The Morgan fingerprint density at radius 2 is 1.71 bits per heavy atom. The van der Waals surface area contributed by atoms with Crippen LogP contribution in [0.1, 0.15) is 24.5 Å². The molecule has 0 bridgehead atoms. The first kappa shape index (κ1) is 13.6. The normalized spacial score (nSPS) is 10.7. The van der Waals surface area contributed by atoms with Crippen molar-refractivity contribution in [2.45, 2.75) is 26.3 Å². The molecule has 0 amide bonds. The minimum Gasteiger partial charge on any atom is -0.381 e. The summed E-state index contributed by atoms with van der Waals surface area (Å²) in [6.45, 7) is 3.01. The van der Waals surface area contributed by atoms with Crippen LogP contribution in [-0.4, -0.2) is 4.98 Å². The summed E-state index contributed by atoms with van der Waals surface area (Å²) >= 11 is 0. The van der Waals surface area contributed by atoms with Gasteiger partial charge in [0, 0.05) is 30.0 Å². The van der Waals surface area contributed by atoms with E-state index in [1.807, 2.05) is 12.4 Å². The number of hydrogen-bond acceptors (Lipinski definition) is 2. The molecule has 106 valence electrons. The summed E-state index contributed by atoms with van der Waals surface area (Å²) in [5.74, 6) is 0. The minimum absolute atomic E-state index is 0.801. The van der Waals surface area contributed by atoms with Crippen molar-refractivity contribution in [2.75, 3.05) is 5.32 Å². The van der Waals surface area contributed by atoms with Gasteiger partial charge in [-0.05, 0) is 29.0 Å². The average Bonchev–Trinajstić information content (AvgIpc) is 2.54. The molecule has 0 aliphatic carbocycles. The molecule has 2 heteroatoms. The number of nitrogens with one attached hydrogen (secondary N) is 1. The van der Waals surface area contributed by atoms with Crippen LogP contribution in [0.25, 0.3) is 10.8 Å². The summed E-state index contributed by atoms with van der Waals surface area (Å²) in [4.78, 5) is 4.34. The highest BCUT2D eigenvalue weighted by Gasteiger charge is 2.03. The van der Waals surface area contributed by atoms with Crippen LogP contribution >= 0.6 is 0 Å². The number of fused-ring (bicyclic) bond motifs is 1. The zero-order valence-electron chi connectivity index (χ0n) is 12.3. The number of anilines is 1. The van der Waals surface area contributed by atoms with Gasteiger partial charge in [-0.2, -0.15) is 0 Å². The molecule has 0 aliphatic heterocycles. The third kappa shape index (κ3) is 3.05. The van der Waals surface area contributed by atoms with Gasteiger partial charge in [-0.3, -0.25) is 4.98 Å². The maximum absolute atomic E-state index is 4.34. The molecule has 3 aromatic rings. The number of rotatable bonds is 5. The van der Waals surface area contributed by atoms with E-state index in [1.54, 1.807) is 0 Å². The number of nitrogens with zero attached hydrogens (tertiary/aromatic N) is 1. The fourth-order valence-corrected chi connectivity index (χ4v) is 2.69. The summed E-state index contributed by atoms with van der Waals surface area (Å²) in [5.41, 5.74) is 3.85. The number of aromatic nitrogens is 1. The zero-order chi connectivity index (χ0) is 14.5. The Morgan fingerprint density at radius 3 is 2.62 bits per heavy atom. The van der Waals surface area contributed by atoms with E-state index in [2.05, 4.69) is 65.8 Å². The van der Waals surface area contributed by atoms with Crippen LogP contribution in [0.15, 0.2) is 60.9 Å². The third-order valence-corrected chi connectivity index (χ3v) is 3.76. The van der Waals surface area contributed by atoms with Gasteiger partial charge < -0.3 is 5.32 Å². The van der Waals surface area contributed by atoms with E-state index in [0.717, 1.165) is 19.4 Å². The molecule has 0 saturated carbocycles. The molecule has 2 nitrogen and oxygen atoms in total.